The van der Waals surface area contributed by atoms with Crippen LogP contribution in [0.15, 0.2) is 158 Å². The highest BCUT2D eigenvalue weighted by Crippen LogP contribution is 2.37. The standard InChI is InChI=1S/C56H56N2O8/c59-49(37-63-24-10-20-55(61)65-35-39-12-3-1-4-13-39)33-57-53-19-9-18-44-26-43-22-23-45(29-46(43)30-51(44)53)52-31-47-27-41-16-7-8-17-42(41)28-48(47)32-54(52)58-34-50(60)38-64-25-11-21-56(62)66-36-40-14-5-2-6-15-40/h1-9,12-19,22-23,26-32,49-50,57-60H,10-11,20-21,24-25,33-38H2. The van der Waals surface area contributed by atoms with Gasteiger partial charge in [-0.1, -0.05) is 109 Å². The van der Waals surface area contributed by atoms with Gasteiger partial charge in [0.1, 0.15) is 13.2 Å². The molecule has 0 radical (unpaired) electrons. The van der Waals surface area contributed by atoms with E-state index in [-0.39, 0.29) is 64.3 Å². The van der Waals surface area contributed by atoms with E-state index >= 15 is 0 Å². The predicted molar refractivity (Wildman–Crippen MR) is 263 cm³/mol. The summed E-state index contributed by atoms with van der Waals surface area (Å²) in [7, 11) is 0. The minimum atomic E-state index is -0.782. The smallest absolute Gasteiger partial charge is 0.306 e. The number of aliphatic hydroxyl groups is 2. The summed E-state index contributed by atoms with van der Waals surface area (Å²) in [4.78, 5) is 24.4. The van der Waals surface area contributed by atoms with E-state index in [2.05, 4.69) is 89.5 Å². The molecule has 66 heavy (non-hydrogen) atoms. The highest BCUT2D eigenvalue weighted by atomic mass is 16.5. The van der Waals surface area contributed by atoms with Gasteiger partial charge in [-0.2, -0.15) is 0 Å². The maximum absolute atomic E-state index is 12.2. The average molecular weight is 885 g/mol. The van der Waals surface area contributed by atoms with Gasteiger partial charge in [-0.15, -0.1) is 0 Å². The van der Waals surface area contributed by atoms with E-state index < -0.39 is 12.2 Å². The summed E-state index contributed by atoms with van der Waals surface area (Å²) in [5.41, 5.74) is 5.70. The van der Waals surface area contributed by atoms with E-state index in [1.807, 2.05) is 78.9 Å². The molecule has 0 saturated carbocycles. The second kappa shape index (κ2) is 22.9. The van der Waals surface area contributed by atoms with Crippen LogP contribution >= 0.6 is 0 Å². The summed E-state index contributed by atoms with van der Waals surface area (Å²) in [6.45, 7) is 1.99. The normalized spacial score (nSPS) is 12.3. The minimum absolute atomic E-state index is 0.122. The number of esters is 2. The second-order valence-corrected chi connectivity index (χ2v) is 16.6. The molecule has 0 saturated heterocycles. The minimum Gasteiger partial charge on any atom is -0.461 e. The maximum Gasteiger partial charge on any atom is 0.306 e. The number of fused-ring (bicyclic) bond motifs is 4. The Balaban J connectivity index is 0.895. The average Bonchev–Trinajstić information content (AvgIpc) is 3.34. The SMILES string of the molecule is O=C(CCCOCC(O)CNc1cc2cc3ccccc3cc2cc1-c1ccc2cc3cccc(NCC(O)COCCCC(=O)OCc4ccccc4)c3cc2c1)OCc1ccccc1. The van der Waals surface area contributed by atoms with E-state index in [4.69, 9.17) is 18.9 Å². The van der Waals surface area contributed by atoms with Crippen molar-refractivity contribution in [2.75, 3.05) is 50.2 Å². The molecule has 0 aromatic heterocycles. The van der Waals surface area contributed by atoms with Crippen LogP contribution in [0, 0.1) is 0 Å². The van der Waals surface area contributed by atoms with Crippen molar-refractivity contribution in [2.45, 2.75) is 51.1 Å². The zero-order valence-corrected chi connectivity index (χ0v) is 37.0. The maximum atomic E-state index is 12.2. The number of benzene rings is 8. The molecule has 10 heteroatoms. The van der Waals surface area contributed by atoms with Crippen molar-refractivity contribution in [3.8, 4) is 11.1 Å². The van der Waals surface area contributed by atoms with Gasteiger partial charge in [0, 0.05) is 61.5 Å². The number of hydrogen-bond donors (Lipinski definition) is 4. The number of aliphatic hydroxyl groups excluding tert-OH is 2. The Morgan fingerprint density at radius 3 is 1.58 bits per heavy atom. The molecule has 0 heterocycles. The third kappa shape index (κ3) is 12.7. The third-order valence-electron chi connectivity index (χ3n) is 11.5. The summed E-state index contributed by atoms with van der Waals surface area (Å²) in [5, 5.41) is 37.5. The Kier molecular flexibility index (Phi) is 15.9. The first-order valence-corrected chi connectivity index (χ1v) is 22.7. The summed E-state index contributed by atoms with van der Waals surface area (Å²) >= 11 is 0. The largest absolute Gasteiger partial charge is 0.461 e. The molecule has 2 atom stereocenters. The number of ether oxygens (including phenoxy) is 4. The molecule has 8 aromatic carbocycles. The zero-order valence-electron chi connectivity index (χ0n) is 37.0. The van der Waals surface area contributed by atoms with Crippen LogP contribution in [0.5, 0.6) is 0 Å². The Labute approximate surface area is 385 Å². The van der Waals surface area contributed by atoms with Gasteiger partial charge in [0.05, 0.1) is 25.4 Å². The van der Waals surface area contributed by atoms with E-state index in [1.165, 1.54) is 0 Å². The number of carbonyl (C=O) groups excluding carboxylic acids is 2. The van der Waals surface area contributed by atoms with Crippen molar-refractivity contribution in [1.82, 2.24) is 0 Å². The van der Waals surface area contributed by atoms with Gasteiger partial charge in [-0.3, -0.25) is 9.59 Å². The Morgan fingerprint density at radius 1 is 0.470 bits per heavy atom. The van der Waals surface area contributed by atoms with Crippen LogP contribution in [0.4, 0.5) is 11.4 Å². The van der Waals surface area contributed by atoms with Crippen LogP contribution in [0.1, 0.15) is 36.8 Å². The molecule has 0 amide bonds. The lowest BCUT2D eigenvalue weighted by Gasteiger charge is -2.18. The fourth-order valence-corrected chi connectivity index (χ4v) is 7.99. The predicted octanol–water partition coefficient (Wildman–Crippen LogP) is 10.6. The molecule has 0 aliphatic carbocycles. The van der Waals surface area contributed by atoms with Crippen LogP contribution in [0.3, 0.4) is 0 Å². The van der Waals surface area contributed by atoms with Crippen molar-refractivity contribution in [1.29, 1.82) is 0 Å². The number of carbonyl (C=O) groups is 2. The van der Waals surface area contributed by atoms with Crippen LogP contribution in [0.25, 0.3) is 54.2 Å². The number of anilines is 2. The fourth-order valence-electron chi connectivity index (χ4n) is 7.99. The summed E-state index contributed by atoms with van der Waals surface area (Å²) in [6, 6.07) is 53.2. The third-order valence-corrected chi connectivity index (χ3v) is 11.5. The molecule has 0 aliphatic heterocycles. The van der Waals surface area contributed by atoms with Crippen molar-refractivity contribution in [2.24, 2.45) is 0 Å². The van der Waals surface area contributed by atoms with Gasteiger partial charge < -0.3 is 39.8 Å². The van der Waals surface area contributed by atoms with Crippen LogP contribution in [-0.2, 0) is 41.8 Å². The Bertz CT molecular complexity index is 2870. The van der Waals surface area contributed by atoms with Crippen LogP contribution in [-0.4, -0.2) is 73.9 Å². The lowest BCUT2D eigenvalue weighted by atomic mass is 9.94. The summed E-state index contributed by atoms with van der Waals surface area (Å²) in [6.07, 6.45) is -0.0284. The quantitative estimate of drug-likeness (QED) is 0.0279. The topological polar surface area (TPSA) is 136 Å². The van der Waals surface area contributed by atoms with E-state index in [9.17, 15) is 19.8 Å². The van der Waals surface area contributed by atoms with Crippen molar-refractivity contribution in [3.63, 3.8) is 0 Å². The van der Waals surface area contributed by atoms with E-state index in [0.717, 1.165) is 76.7 Å². The summed E-state index contributed by atoms with van der Waals surface area (Å²) < 4.78 is 22.2. The molecule has 0 aliphatic rings. The fraction of sp³-hybridized carbons (Fsp3) is 0.250. The molecule has 10 nitrogen and oxygen atoms in total. The van der Waals surface area contributed by atoms with Crippen LogP contribution < -0.4 is 10.6 Å². The molecule has 0 bridgehead atoms. The van der Waals surface area contributed by atoms with Gasteiger partial charge in [0.2, 0.25) is 0 Å². The first-order chi connectivity index (χ1) is 32.3. The molecule has 338 valence electrons. The molecular weight excluding hydrogens is 829 g/mol. The van der Waals surface area contributed by atoms with Gasteiger partial charge in [0.25, 0.3) is 0 Å². The molecule has 0 spiro atoms. The van der Waals surface area contributed by atoms with Gasteiger partial charge in [-0.25, -0.2) is 0 Å². The monoisotopic (exact) mass is 884 g/mol. The summed E-state index contributed by atoms with van der Waals surface area (Å²) in [5.74, 6) is -0.548. The zero-order chi connectivity index (χ0) is 45.5. The molecular formula is C56H56N2O8. The Morgan fingerprint density at radius 2 is 0.970 bits per heavy atom. The van der Waals surface area contributed by atoms with E-state index in [1.54, 1.807) is 0 Å². The Hall–Kier alpha value is -6.82. The van der Waals surface area contributed by atoms with E-state index in [0.29, 0.717) is 26.1 Å². The molecule has 8 rings (SSSR count). The lowest BCUT2D eigenvalue weighted by molar-refractivity contribution is -0.146. The molecule has 8 aromatic rings. The molecule has 2 unspecified atom stereocenters. The highest BCUT2D eigenvalue weighted by Gasteiger charge is 2.14. The highest BCUT2D eigenvalue weighted by molar-refractivity contribution is 6.06. The number of rotatable bonds is 23. The van der Waals surface area contributed by atoms with Crippen molar-refractivity contribution < 1.29 is 38.7 Å². The number of nitrogens with one attached hydrogen (secondary N) is 2. The first kappa shape index (κ1) is 45.7. The van der Waals surface area contributed by atoms with Gasteiger partial charge >= 0.3 is 11.9 Å². The lowest BCUT2D eigenvalue weighted by Crippen LogP contribution is -2.25. The van der Waals surface area contributed by atoms with Crippen molar-refractivity contribution in [3.05, 3.63) is 169 Å². The van der Waals surface area contributed by atoms with Gasteiger partial charge in [0.15, 0.2) is 0 Å². The number of hydrogen-bond acceptors (Lipinski definition) is 10. The second-order valence-electron chi connectivity index (χ2n) is 16.6. The molecule has 0 fully saturated rings. The molecule has 4 N–H and O–H groups in total. The van der Waals surface area contributed by atoms with Gasteiger partial charge in [-0.05, 0) is 116 Å². The van der Waals surface area contributed by atoms with Crippen molar-refractivity contribution >= 4 is 66.4 Å². The first-order valence-electron chi connectivity index (χ1n) is 22.7. The van der Waals surface area contributed by atoms with Crippen LogP contribution in [0.2, 0.25) is 0 Å².